The highest BCUT2D eigenvalue weighted by Crippen LogP contribution is 2.18. The van der Waals surface area contributed by atoms with Crippen LogP contribution in [0.5, 0.6) is 0 Å². The Morgan fingerprint density at radius 3 is 2.58 bits per heavy atom. The third kappa shape index (κ3) is 3.00. The van der Waals surface area contributed by atoms with Crippen LogP contribution in [-0.4, -0.2) is 27.7 Å². The zero-order valence-electron chi connectivity index (χ0n) is 12.9. The molecule has 0 spiro atoms. The van der Waals surface area contributed by atoms with Gasteiger partial charge in [0.05, 0.1) is 10.6 Å². The van der Waals surface area contributed by atoms with E-state index >= 15 is 0 Å². The lowest BCUT2D eigenvalue weighted by atomic mass is 10.3. The van der Waals surface area contributed by atoms with Crippen molar-refractivity contribution < 1.29 is 9.72 Å². The van der Waals surface area contributed by atoms with E-state index in [1.807, 2.05) is 30.3 Å². The highest BCUT2D eigenvalue weighted by Gasteiger charge is 2.17. The second-order valence-corrected chi connectivity index (χ2v) is 5.12. The Bertz CT molecular complexity index is 890. The lowest BCUT2D eigenvalue weighted by molar-refractivity contribution is -0.384. The number of nitro benzene ring substituents is 1. The summed E-state index contributed by atoms with van der Waals surface area (Å²) >= 11 is 0. The highest BCUT2D eigenvalue weighted by atomic mass is 16.6. The van der Waals surface area contributed by atoms with Crippen LogP contribution in [0.15, 0.2) is 66.9 Å². The van der Waals surface area contributed by atoms with Crippen molar-refractivity contribution in [2.75, 3.05) is 11.9 Å². The number of hydrogen-bond acceptors (Lipinski definition) is 4. The average molecular weight is 322 g/mol. The number of hydrogen-bond donors (Lipinski definition) is 0. The van der Waals surface area contributed by atoms with Gasteiger partial charge in [0, 0.05) is 31.1 Å². The van der Waals surface area contributed by atoms with E-state index in [9.17, 15) is 14.9 Å². The summed E-state index contributed by atoms with van der Waals surface area (Å²) in [5.74, 6) is -0.259. The van der Waals surface area contributed by atoms with E-state index in [0.29, 0.717) is 5.69 Å². The molecule has 0 aliphatic carbocycles. The first-order valence-electron chi connectivity index (χ1n) is 7.20. The van der Waals surface area contributed by atoms with Gasteiger partial charge in [0.2, 0.25) is 0 Å². The van der Waals surface area contributed by atoms with Crippen LogP contribution in [0.3, 0.4) is 0 Å². The first kappa shape index (κ1) is 15.4. The van der Waals surface area contributed by atoms with Crippen LogP contribution in [-0.2, 0) is 0 Å². The molecule has 0 fully saturated rings. The summed E-state index contributed by atoms with van der Waals surface area (Å²) in [5, 5.41) is 15.1. The molecule has 0 saturated heterocycles. The maximum atomic E-state index is 12.5. The average Bonchev–Trinajstić information content (AvgIpc) is 3.11. The molecule has 2 aromatic carbocycles. The number of rotatable bonds is 4. The maximum Gasteiger partial charge on any atom is 0.278 e. The molecule has 1 aromatic heterocycles. The van der Waals surface area contributed by atoms with Gasteiger partial charge in [-0.05, 0) is 24.3 Å². The first-order chi connectivity index (χ1) is 11.6. The van der Waals surface area contributed by atoms with Crippen molar-refractivity contribution >= 4 is 17.3 Å². The molecule has 0 bridgehead atoms. The summed E-state index contributed by atoms with van der Waals surface area (Å²) in [5.41, 5.74) is 1.50. The van der Waals surface area contributed by atoms with Crippen LogP contribution < -0.4 is 4.90 Å². The Kier molecular flexibility index (Phi) is 4.07. The quantitative estimate of drug-likeness (QED) is 0.546. The zero-order chi connectivity index (χ0) is 17.1. The molecule has 3 aromatic rings. The summed E-state index contributed by atoms with van der Waals surface area (Å²) in [6.07, 6.45) is 1.60. The van der Waals surface area contributed by atoms with E-state index < -0.39 is 4.92 Å². The lowest BCUT2D eigenvalue weighted by Crippen LogP contribution is -2.26. The van der Waals surface area contributed by atoms with Gasteiger partial charge in [0.15, 0.2) is 5.69 Å². The van der Waals surface area contributed by atoms with Crippen molar-refractivity contribution in [3.8, 4) is 5.69 Å². The molecule has 0 aliphatic rings. The smallest absolute Gasteiger partial charge is 0.278 e. The van der Waals surface area contributed by atoms with Gasteiger partial charge in [0.1, 0.15) is 0 Å². The van der Waals surface area contributed by atoms with Gasteiger partial charge in [-0.25, -0.2) is 4.68 Å². The summed E-state index contributed by atoms with van der Waals surface area (Å²) in [4.78, 5) is 24.4. The number of nitrogens with zero attached hydrogens (tertiary/aromatic N) is 4. The molecule has 0 N–H and O–H groups in total. The van der Waals surface area contributed by atoms with Crippen LogP contribution in [0, 0.1) is 10.1 Å². The third-order valence-corrected chi connectivity index (χ3v) is 3.56. The van der Waals surface area contributed by atoms with Crippen molar-refractivity contribution in [3.05, 3.63) is 82.7 Å². The Morgan fingerprint density at radius 2 is 1.88 bits per heavy atom. The number of anilines is 1. The van der Waals surface area contributed by atoms with Crippen LogP contribution in [0.1, 0.15) is 10.5 Å². The van der Waals surface area contributed by atoms with Gasteiger partial charge in [-0.2, -0.15) is 5.10 Å². The molecule has 120 valence electrons. The Morgan fingerprint density at radius 1 is 1.12 bits per heavy atom. The van der Waals surface area contributed by atoms with Crippen molar-refractivity contribution in [1.82, 2.24) is 9.78 Å². The molecule has 0 radical (unpaired) electrons. The number of aromatic nitrogens is 2. The minimum atomic E-state index is -0.470. The normalized spacial score (nSPS) is 10.4. The van der Waals surface area contributed by atoms with E-state index in [1.54, 1.807) is 31.4 Å². The van der Waals surface area contributed by atoms with Crippen molar-refractivity contribution in [1.29, 1.82) is 0 Å². The maximum absolute atomic E-state index is 12.5. The van der Waals surface area contributed by atoms with Crippen LogP contribution in [0.2, 0.25) is 0 Å². The number of carbonyl (C=O) groups excluding carboxylic acids is 1. The largest absolute Gasteiger partial charge is 0.310 e. The fraction of sp³-hybridized carbons (Fsp3) is 0.0588. The zero-order valence-corrected chi connectivity index (χ0v) is 12.9. The molecule has 24 heavy (non-hydrogen) atoms. The van der Waals surface area contributed by atoms with Crippen LogP contribution >= 0.6 is 0 Å². The minimum absolute atomic E-state index is 0.0303. The lowest BCUT2D eigenvalue weighted by Gasteiger charge is -2.15. The van der Waals surface area contributed by atoms with Gasteiger partial charge in [0.25, 0.3) is 11.6 Å². The second kappa shape index (κ2) is 6.33. The van der Waals surface area contributed by atoms with Crippen LogP contribution in [0.4, 0.5) is 11.4 Å². The molecular formula is C17H14N4O3. The monoisotopic (exact) mass is 322 g/mol. The SMILES string of the molecule is CN(C(=O)c1ccn(-c2cccc([N+](=O)[O-])c2)n1)c1ccccc1. The number of nitro groups is 1. The molecule has 3 rings (SSSR count). The minimum Gasteiger partial charge on any atom is -0.310 e. The summed E-state index contributed by atoms with van der Waals surface area (Å²) in [6, 6.07) is 16.9. The van der Waals surface area contributed by atoms with Crippen molar-refractivity contribution in [3.63, 3.8) is 0 Å². The van der Waals surface area contributed by atoms with Crippen molar-refractivity contribution in [2.45, 2.75) is 0 Å². The summed E-state index contributed by atoms with van der Waals surface area (Å²) in [6.45, 7) is 0. The molecule has 0 unspecified atom stereocenters. The molecule has 7 nitrogen and oxygen atoms in total. The number of amides is 1. The van der Waals surface area contributed by atoms with Crippen LogP contribution in [0.25, 0.3) is 5.69 Å². The van der Waals surface area contributed by atoms with E-state index in [2.05, 4.69) is 5.10 Å². The van der Waals surface area contributed by atoms with E-state index in [4.69, 9.17) is 0 Å². The topological polar surface area (TPSA) is 81.3 Å². The standard InChI is InChI=1S/C17H14N4O3/c1-19(13-6-3-2-4-7-13)17(22)16-10-11-20(18-16)14-8-5-9-15(12-14)21(23)24/h2-12H,1H3. The van der Waals surface area contributed by atoms with E-state index in [1.165, 1.54) is 21.7 Å². The fourth-order valence-electron chi connectivity index (χ4n) is 2.27. The predicted octanol–water partition coefficient (Wildman–Crippen LogP) is 3.06. The fourth-order valence-corrected chi connectivity index (χ4v) is 2.27. The molecule has 1 amide bonds. The highest BCUT2D eigenvalue weighted by molar-refractivity contribution is 6.04. The van der Waals surface area contributed by atoms with Gasteiger partial charge >= 0.3 is 0 Å². The number of para-hydroxylation sites is 1. The summed E-state index contributed by atoms with van der Waals surface area (Å²) < 4.78 is 1.44. The Balaban J connectivity index is 1.87. The van der Waals surface area contributed by atoms with E-state index in [0.717, 1.165) is 5.69 Å². The van der Waals surface area contributed by atoms with Gasteiger partial charge in [-0.3, -0.25) is 14.9 Å². The first-order valence-corrected chi connectivity index (χ1v) is 7.20. The van der Waals surface area contributed by atoms with Crippen molar-refractivity contribution in [2.24, 2.45) is 0 Å². The molecule has 0 aliphatic heterocycles. The number of benzene rings is 2. The van der Waals surface area contributed by atoms with Gasteiger partial charge < -0.3 is 4.90 Å². The Labute approximate surface area is 137 Å². The second-order valence-electron chi connectivity index (χ2n) is 5.12. The molecule has 0 atom stereocenters. The Hall–Kier alpha value is -3.48. The molecular weight excluding hydrogens is 308 g/mol. The van der Waals surface area contributed by atoms with Gasteiger partial charge in [-0.15, -0.1) is 0 Å². The number of carbonyl (C=O) groups is 1. The van der Waals surface area contributed by atoms with Gasteiger partial charge in [-0.1, -0.05) is 24.3 Å². The molecule has 1 heterocycles. The molecule has 0 saturated carbocycles. The predicted molar refractivity (Wildman–Crippen MR) is 89.4 cm³/mol. The van der Waals surface area contributed by atoms with E-state index in [-0.39, 0.29) is 17.3 Å². The number of non-ortho nitro benzene ring substituents is 1. The summed E-state index contributed by atoms with van der Waals surface area (Å²) in [7, 11) is 1.67. The molecule has 7 heteroatoms. The third-order valence-electron chi connectivity index (χ3n) is 3.56.